The van der Waals surface area contributed by atoms with E-state index in [0.717, 1.165) is 0 Å². The Morgan fingerprint density at radius 2 is 1.78 bits per heavy atom. The van der Waals surface area contributed by atoms with Crippen molar-refractivity contribution in [2.45, 2.75) is 13.0 Å². The summed E-state index contributed by atoms with van der Waals surface area (Å²) in [7, 11) is 0. The zero-order chi connectivity index (χ0) is 19.7. The third-order valence-electron chi connectivity index (χ3n) is 4.02. The number of nitro benzene ring substituents is 1. The molecule has 0 bridgehead atoms. The minimum absolute atomic E-state index is 0.0987. The number of halogens is 2. The van der Waals surface area contributed by atoms with E-state index in [-0.39, 0.29) is 5.69 Å². The lowest BCUT2D eigenvalue weighted by atomic mass is 10.1. The lowest BCUT2D eigenvalue weighted by Crippen LogP contribution is -2.31. The molecule has 0 radical (unpaired) electrons. The van der Waals surface area contributed by atoms with Gasteiger partial charge in [0.2, 0.25) is 5.91 Å². The summed E-state index contributed by atoms with van der Waals surface area (Å²) in [5.74, 6) is -0.457. The van der Waals surface area contributed by atoms with Crippen LogP contribution < -0.4 is 10.9 Å². The number of nitro groups is 1. The second-order valence-electron chi connectivity index (χ2n) is 5.87. The highest BCUT2D eigenvalue weighted by molar-refractivity contribution is 6.35. The maximum atomic E-state index is 12.6. The second-order valence-corrected chi connectivity index (χ2v) is 6.74. The van der Waals surface area contributed by atoms with E-state index < -0.39 is 22.4 Å². The number of nitrogens with one attached hydrogen (secondary N) is 1. The van der Waals surface area contributed by atoms with Gasteiger partial charge in [0.1, 0.15) is 6.04 Å². The molecule has 0 spiro atoms. The summed E-state index contributed by atoms with van der Waals surface area (Å²) in [6, 6.07) is 10.6. The van der Waals surface area contributed by atoms with E-state index in [1.165, 1.54) is 53.1 Å². The van der Waals surface area contributed by atoms with Gasteiger partial charge in [-0.3, -0.25) is 24.3 Å². The molecule has 1 N–H and O–H groups in total. The topological polar surface area (TPSA) is 94.2 Å². The summed E-state index contributed by atoms with van der Waals surface area (Å²) in [6.45, 7) is 1.56. The van der Waals surface area contributed by atoms with Gasteiger partial charge in [-0.2, -0.15) is 0 Å². The Morgan fingerprint density at radius 1 is 1.11 bits per heavy atom. The minimum atomic E-state index is -0.875. The predicted octanol–water partition coefficient (Wildman–Crippen LogP) is 4.42. The van der Waals surface area contributed by atoms with Crippen molar-refractivity contribution in [3.8, 4) is 0 Å². The number of hydrogen-bond donors (Lipinski definition) is 1. The Morgan fingerprint density at radius 3 is 2.41 bits per heavy atom. The van der Waals surface area contributed by atoms with Gasteiger partial charge in [0.15, 0.2) is 0 Å². The van der Waals surface area contributed by atoms with Crippen molar-refractivity contribution in [3.63, 3.8) is 0 Å². The van der Waals surface area contributed by atoms with Gasteiger partial charge < -0.3 is 5.32 Å². The molecule has 27 heavy (non-hydrogen) atoms. The van der Waals surface area contributed by atoms with Gasteiger partial charge in [0.25, 0.3) is 11.2 Å². The van der Waals surface area contributed by atoms with Crippen LogP contribution in [0, 0.1) is 10.1 Å². The number of non-ortho nitro benzene ring substituents is 1. The summed E-state index contributed by atoms with van der Waals surface area (Å²) in [5, 5.41) is 14.8. The van der Waals surface area contributed by atoms with Crippen molar-refractivity contribution in [1.29, 1.82) is 0 Å². The van der Waals surface area contributed by atoms with Crippen molar-refractivity contribution in [3.05, 3.63) is 79.0 Å². The number of fused-ring (bicyclic) bond motifs is 1. The number of benzene rings is 2. The maximum absolute atomic E-state index is 12.6. The molecule has 1 amide bonds. The molecule has 1 aromatic heterocycles. The lowest BCUT2D eigenvalue weighted by molar-refractivity contribution is -0.384. The quantitative estimate of drug-likeness (QED) is 0.513. The van der Waals surface area contributed by atoms with Crippen LogP contribution in [0.4, 0.5) is 11.4 Å². The SMILES string of the molecule is CC(C(=O)Nc1cc(Cl)cc(Cl)c1)n1c(=O)ccc2cc([N+](=O)[O-])ccc21. The van der Waals surface area contributed by atoms with Crippen LogP contribution in [0.1, 0.15) is 13.0 Å². The fourth-order valence-electron chi connectivity index (χ4n) is 2.76. The van der Waals surface area contributed by atoms with E-state index in [0.29, 0.717) is 26.6 Å². The standard InChI is InChI=1S/C18H13Cl2N3O4/c1-10(18(25)21-14-8-12(19)7-13(20)9-14)22-16-4-3-15(23(26)27)6-11(16)2-5-17(22)24/h2-10H,1H3,(H,21,25). The van der Waals surface area contributed by atoms with Gasteiger partial charge in [-0.15, -0.1) is 0 Å². The molecule has 7 nitrogen and oxygen atoms in total. The molecule has 1 unspecified atom stereocenters. The molecular formula is C18H13Cl2N3O4. The van der Waals surface area contributed by atoms with Gasteiger partial charge in [-0.1, -0.05) is 23.2 Å². The fourth-order valence-corrected chi connectivity index (χ4v) is 3.28. The smallest absolute Gasteiger partial charge is 0.270 e. The Balaban J connectivity index is 2.00. The van der Waals surface area contributed by atoms with Crippen molar-refractivity contribution in [2.75, 3.05) is 5.32 Å². The van der Waals surface area contributed by atoms with Crippen molar-refractivity contribution in [2.24, 2.45) is 0 Å². The first-order valence-electron chi connectivity index (χ1n) is 7.83. The highest BCUT2D eigenvalue weighted by Crippen LogP contribution is 2.25. The molecule has 1 heterocycles. The molecule has 0 aliphatic rings. The average molecular weight is 406 g/mol. The van der Waals surface area contributed by atoms with Gasteiger partial charge in [-0.25, -0.2) is 0 Å². The second kappa shape index (κ2) is 7.38. The Bertz CT molecular complexity index is 1110. The van der Waals surface area contributed by atoms with E-state index >= 15 is 0 Å². The van der Waals surface area contributed by atoms with Crippen molar-refractivity contribution < 1.29 is 9.72 Å². The van der Waals surface area contributed by atoms with Crippen molar-refractivity contribution in [1.82, 2.24) is 4.57 Å². The highest BCUT2D eigenvalue weighted by atomic mass is 35.5. The maximum Gasteiger partial charge on any atom is 0.270 e. The molecule has 1 atom stereocenters. The lowest BCUT2D eigenvalue weighted by Gasteiger charge is -2.18. The molecule has 0 aliphatic carbocycles. The van der Waals surface area contributed by atoms with Crippen LogP contribution in [-0.2, 0) is 4.79 Å². The van der Waals surface area contributed by atoms with Gasteiger partial charge in [0, 0.05) is 39.3 Å². The molecule has 3 aromatic rings. The first-order chi connectivity index (χ1) is 12.8. The van der Waals surface area contributed by atoms with Gasteiger partial charge >= 0.3 is 0 Å². The van der Waals surface area contributed by atoms with Gasteiger partial charge in [0.05, 0.1) is 10.4 Å². The molecule has 0 saturated heterocycles. The molecule has 0 saturated carbocycles. The molecule has 9 heteroatoms. The Labute approximate surface area is 163 Å². The zero-order valence-electron chi connectivity index (χ0n) is 14.0. The summed E-state index contributed by atoms with van der Waals surface area (Å²) in [5.41, 5.74) is 0.314. The highest BCUT2D eigenvalue weighted by Gasteiger charge is 2.20. The molecule has 0 aliphatic heterocycles. The van der Waals surface area contributed by atoms with E-state index in [2.05, 4.69) is 5.32 Å². The number of amides is 1. The Kier molecular flexibility index (Phi) is 5.16. The van der Waals surface area contributed by atoms with Crippen LogP contribution in [0.15, 0.2) is 53.3 Å². The Hall–Kier alpha value is -2.90. The summed E-state index contributed by atoms with van der Waals surface area (Å²) in [6.07, 6.45) is 0. The molecule has 2 aromatic carbocycles. The molecular weight excluding hydrogens is 393 g/mol. The first kappa shape index (κ1) is 18.9. The van der Waals surface area contributed by atoms with Crippen LogP contribution in [-0.4, -0.2) is 15.4 Å². The van der Waals surface area contributed by atoms with E-state index in [4.69, 9.17) is 23.2 Å². The van der Waals surface area contributed by atoms with Crippen LogP contribution >= 0.6 is 23.2 Å². The number of nitrogens with zero attached hydrogens (tertiary/aromatic N) is 2. The van der Waals surface area contributed by atoms with Crippen LogP contribution in [0.25, 0.3) is 10.9 Å². The summed E-state index contributed by atoms with van der Waals surface area (Å²) in [4.78, 5) is 35.4. The third kappa shape index (κ3) is 3.94. The number of anilines is 1. The number of pyridine rings is 1. The fraction of sp³-hybridized carbons (Fsp3) is 0.111. The van der Waals surface area contributed by atoms with E-state index in [9.17, 15) is 19.7 Å². The predicted molar refractivity (Wildman–Crippen MR) is 105 cm³/mol. The third-order valence-corrected chi connectivity index (χ3v) is 4.46. The van der Waals surface area contributed by atoms with Gasteiger partial charge in [-0.05, 0) is 37.3 Å². The van der Waals surface area contributed by atoms with E-state index in [1.54, 1.807) is 6.92 Å². The van der Waals surface area contributed by atoms with E-state index in [1.807, 2.05) is 0 Å². The van der Waals surface area contributed by atoms with Crippen LogP contribution in [0.2, 0.25) is 10.0 Å². The average Bonchev–Trinajstić information content (AvgIpc) is 2.59. The first-order valence-corrected chi connectivity index (χ1v) is 8.58. The van der Waals surface area contributed by atoms with Crippen LogP contribution in [0.3, 0.4) is 0 Å². The molecule has 138 valence electrons. The number of hydrogen-bond acceptors (Lipinski definition) is 4. The number of rotatable bonds is 4. The molecule has 3 rings (SSSR count). The zero-order valence-corrected chi connectivity index (χ0v) is 15.5. The number of carbonyl (C=O) groups is 1. The number of aromatic nitrogens is 1. The van der Waals surface area contributed by atoms with Crippen LogP contribution in [0.5, 0.6) is 0 Å². The number of carbonyl (C=O) groups excluding carboxylic acids is 1. The minimum Gasteiger partial charge on any atom is -0.324 e. The van der Waals surface area contributed by atoms with Crippen molar-refractivity contribution >= 4 is 51.4 Å². The largest absolute Gasteiger partial charge is 0.324 e. The molecule has 0 fully saturated rings. The summed E-state index contributed by atoms with van der Waals surface area (Å²) >= 11 is 11.9. The monoisotopic (exact) mass is 405 g/mol. The summed E-state index contributed by atoms with van der Waals surface area (Å²) < 4.78 is 1.28. The normalized spacial score (nSPS) is 12.0.